The third-order valence-electron chi connectivity index (χ3n) is 2.97. The summed E-state index contributed by atoms with van der Waals surface area (Å²) in [5, 5.41) is -0.307. The Kier molecular flexibility index (Phi) is 5.28. The molecule has 0 radical (unpaired) electrons. The van der Waals surface area contributed by atoms with Crippen molar-refractivity contribution >= 4 is 23.4 Å². The molecular weight excluding hydrogens is 330 g/mol. The number of carbonyl (C=O) groups is 2. The summed E-state index contributed by atoms with van der Waals surface area (Å²) in [4.78, 5) is 23.9. The van der Waals surface area contributed by atoms with Crippen molar-refractivity contribution in [3.8, 4) is 5.75 Å². The summed E-state index contributed by atoms with van der Waals surface area (Å²) in [6.45, 7) is -0.589. The van der Waals surface area contributed by atoms with Gasteiger partial charge in [0.2, 0.25) is 5.78 Å². The fourth-order valence-corrected chi connectivity index (χ4v) is 2.07. The fourth-order valence-electron chi connectivity index (χ4n) is 1.84. The second-order valence-electron chi connectivity index (χ2n) is 4.45. The van der Waals surface area contributed by atoms with Crippen LogP contribution in [-0.2, 0) is 4.74 Å². The number of hydrogen-bond acceptors (Lipinski definition) is 4. The lowest BCUT2D eigenvalue weighted by molar-refractivity contribution is 0.0473. The Morgan fingerprint density at radius 1 is 1.09 bits per heavy atom. The van der Waals surface area contributed by atoms with Crippen molar-refractivity contribution in [2.75, 3.05) is 13.7 Å². The van der Waals surface area contributed by atoms with Gasteiger partial charge in [-0.15, -0.1) is 0 Å². The van der Waals surface area contributed by atoms with E-state index in [-0.39, 0.29) is 16.1 Å². The molecule has 0 N–H and O–H groups in total. The molecule has 2 aromatic rings. The number of benzene rings is 2. The summed E-state index contributed by atoms with van der Waals surface area (Å²) >= 11 is 5.66. The lowest BCUT2D eigenvalue weighted by Gasteiger charge is -2.09. The maximum Gasteiger partial charge on any atom is 0.340 e. The van der Waals surface area contributed by atoms with Gasteiger partial charge in [0.25, 0.3) is 0 Å². The molecule has 0 aliphatic rings. The Morgan fingerprint density at radius 2 is 1.74 bits per heavy atom. The highest BCUT2D eigenvalue weighted by atomic mass is 35.5. The molecule has 23 heavy (non-hydrogen) atoms. The average molecular weight is 341 g/mol. The van der Waals surface area contributed by atoms with Gasteiger partial charge in [-0.1, -0.05) is 23.7 Å². The summed E-state index contributed by atoms with van der Waals surface area (Å²) in [6, 6.07) is 7.69. The summed E-state index contributed by atoms with van der Waals surface area (Å²) in [7, 11) is 1.40. The molecule has 0 fully saturated rings. The molecule has 0 unspecified atom stereocenters. The zero-order chi connectivity index (χ0) is 17.0. The van der Waals surface area contributed by atoms with E-state index in [0.29, 0.717) is 17.9 Å². The first kappa shape index (κ1) is 16.9. The van der Waals surface area contributed by atoms with Crippen LogP contribution in [-0.4, -0.2) is 25.5 Å². The molecular formula is C16H11ClF2O4. The number of ether oxygens (including phenoxy) is 2. The Balaban J connectivity index is 2.10. The molecule has 0 spiro atoms. The van der Waals surface area contributed by atoms with E-state index in [1.165, 1.54) is 13.2 Å². The van der Waals surface area contributed by atoms with Crippen LogP contribution >= 0.6 is 11.6 Å². The van der Waals surface area contributed by atoms with Crippen molar-refractivity contribution in [3.63, 3.8) is 0 Å². The van der Waals surface area contributed by atoms with Gasteiger partial charge in [-0.25, -0.2) is 13.6 Å². The first-order chi connectivity index (χ1) is 10.9. The zero-order valence-electron chi connectivity index (χ0n) is 11.9. The summed E-state index contributed by atoms with van der Waals surface area (Å²) in [5.74, 6) is -3.62. The number of hydrogen-bond donors (Lipinski definition) is 0. The van der Waals surface area contributed by atoms with Gasteiger partial charge in [-0.05, 0) is 24.3 Å². The highest BCUT2D eigenvalue weighted by molar-refractivity contribution is 6.33. The normalized spacial score (nSPS) is 10.3. The second kappa shape index (κ2) is 7.19. The quantitative estimate of drug-likeness (QED) is 0.473. The van der Waals surface area contributed by atoms with Crippen LogP contribution in [0.2, 0.25) is 5.02 Å². The largest absolute Gasteiger partial charge is 0.496 e. The molecule has 0 atom stereocenters. The van der Waals surface area contributed by atoms with Crippen molar-refractivity contribution in [1.82, 2.24) is 0 Å². The molecule has 4 nitrogen and oxygen atoms in total. The third kappa shape index (κ3) is 3.84. The minimum absolute atomic E-state index is 0.235. The van der Waals surface area contributed by atoms with E-state index in [1.807, 2.05) is 0 Å². The van der Waals surface area contributed by atoms with Gasteiger partial charge in [0.1, 0.15) is 5.75 Å². The molecule has 120 valence electrons. The maximum absolute atomic E-state index is 13.2. The van der Waals surface area contributed by atoms with Crippen molar-refractivity contribution in [3.05, 3.63) is 64.2 Å². The highest BCUT2D eigenvalue weighted by Crippen LogP contribution is 2.22. The van der Waals surface area contributed by atoms with Gasteiger partial charge in [0.15, 0.2) is 18.2 Å². The lowest BCUT2D eigenvalue weighted by atomic mass is 10.1. The van der Waals surface area contributed by atoms with E-state index in [1.54, 1.807) is 18.2 Å². The molecule has 0 saturated heterocycles. The first-order valence-corrected chi connectivity index (χ1v) is 6.79. The smallest absolute Gasteiger partial charge is 0.340 e. The summed E-state index contributed by atoms with van der Waals surface area (Å²) in [6.07, 6.45) is 0. The van der Waals surface area contributed by atoms with E-state index in [0.717, 1.165) is 0 Å². The van der Waals surface area contributed by atoms with Gasteiger partial charge >= 0.3 is 5.97 Å². The zero-order valence-corrected chi connectivity index (χ0v) is 12.7. The second-order valence-corrected chi connectivity index (χ2v) is 4.85. The molecule has 2 aromatic carbocycles. The lowest BCUT2D eigenvalue weighted by Crippen LogP contribution is -2.15. The Hall–Kier alpha value is -2.47. The van der Waals surface area contributed by atoms with Gasteiger partial charge < -0.3 is 9.47 Å². The van der Waals surface area contributed by atoms with Gasteiger partial charge in [0.05, 0.1) is 23.3 Å². The number of esters is 1. The standard InChI is InChI=1S/C16H11ClF2O4/c1-22-15-5-3-2-4-9(15)14(20)8-23-16(21)10-6-12(18)13(19)7-11(10)17/h2-7H,8H2,1H3. The predicted molar refractivity (Wildman–Crippen MR) is 79.0 cm³/mol. The van der Waals surface area contributed by atoms with E-state index in [2.05, 4.69) is 0 Å². The number of para-hydroxylation sites is 1. The number of halogens is 3. The van der Waals surface area contributed by atoms with Crippen LogP contribution in [0.4, 0.5) is 8.78 Å². The SMILES string of the molecule is COc1ccccc1C(=O)COC(=O)c1cc(F)c(F)cc1Cl. The van der Waals surface area contributed by atoms with Crippen LogP contribution in [0.5, 0.6) is 5.75 Å². The van der Waals surface area contributed by atoms with Crippen molar-refractivity contribution < 1.29 is 27.8 Å². The average Bonchev–Trinajstić information content (AvgIpc) is 2.55. The number of carbonyl (C=O) groups excluding carboxylic acids is 2. The summed E-state index contributed by atoms with van der Waals surface area (Å²) in [5.41, 5.74) is -0.127. The van der Waals surface area contributed by atoms with Crippen molar-refractivity contribution in [2.45, 2.75) is 0 Å². The van der Waals surface area contributed by atoms with Crippen LogP contribution in [0.15, 0.2) is 36.4 Å². The first-order valence-electron chi connectivity index (χ1n) is 6.42. The van der Waals surface area contributed by atoms with Gasteiger partial charge in [-0.3, -0.25) is 4.79 Å². The molecule has 0 amide bonds. The molecule has 0 aromatic heterocycles. The number of ketones is 1. The molecule has 0 aliphatic heterocycles. The molecule has 7 heteroatoms. The van der Waals surface area contributed by atoms with Crippen molar-refractivity contribution in [2.24, 2.45) is 0 Å². The molecule has 0 saturated carbocycles. The third-order valence-corrected chi connectivity index (χ3v) is 3.28. The number of rotatable bonds is 5. The summed E-state index contributed by atoms with van der Waals surface area (Å²) < 4.78 is 36.0. The molecule has 0 bridgehead atoms. The van der Waals surface area contributed by atoms with E-state index >= 15 is 0 Å². The fraction of sp³-hybridized carbons (Fsp3) is 0.125. The van der Waals surface area contributed by atoms with Crippen LogP contribution in [0, 0.1) is 11.6 Å². The molecule has 0 heterocycles. The van der Waals surface area contributed by atoms with Crippen LogP contribution in [0.1, 0.15) is 20.7 Å². The van der Waals surface area contributed by atoms with E-state index in [9.17, 15) is 18.4 Å². The Bertz CT molecular complexity index is 762. The highest BCUT2D eigenvalue weighted by Gasteiger charge is 2.19. The maximum atomic E-state index is 13.2. The minimum atomic E-state index is -1.24. The topological polar surface area (TPSA) is 52.6 Å². The van der Waals surface area contributed by atoms with Crippen LogP contribution < -0.4 is 4.74 Å². The number of Topliss-reactive ketones (excluding diaryl/α,β-unsaturated/α-hetero) is 1. The Morgan fingerprint density at radius 3 is 2.43 bits per heavy atom. The van der Waals surface area contributed by atoms with Gasteiger partial charge in [-0.2, -0.15) is 0 Å². The van der Waals surface area contributed by atoms with Crippen LogP contribution in [0.3, 0.4) is 0 Å². The van der Waals surface area contributed by atoms with E-state index in [4.69, 9.17) is 21.1 Å². The van der Waals surface area contributed by atoms with Gasteiger partial charge in [0, 0.05) is 0 Å². The monoisotopic (exact) mass is 340 g/mol. The molecule has 0 aliphatic carbocycles. The Labute approximate surface area is 135 Å². The van der Waals surface area contributed by atoms with E-state index < -0.39 is 30.0 Å². The predicted octanol–water partition coefficient (Wildman–Crippen LogP) is 3.67. The molecule has 2 rings (SSSR count). The number of methoxy groups -OCH3 is 1. The van der Waals surface area contributed by atoms with Crippen LogP contribution in [0.25, 0.3) is 0 Å². The minimum Gasteiger partial charge on any atom is -0.496 e. The van der Waals surface area contributed by atoms with Crippen molar-refractivity contribution in [1.29, 1.82) is 0 Å².